The number of benzene rings is 1. The molecular formula is C13H18FNO2S. The second kappa shape index (κ2) is 5.36. The van der Waals surface area contributed by atoms with E-state index in [1.807, 2.05) is 0 Å². The van der Waals surface area contributed by atoms with Crippen molar-refractivity contribution in [2.24, 2.45) is 5.73 Å². The van der Waals surface area contributed by atoms with E-state index in [4.69, 9.17) is 5.73 Å². The summed E-state index contributed by atoms with van der Waals surface area (Å²) < 4.78 is 36.6. The molecule has 2 atom stereocenters. The maximum atomic E-state index is 12.8. The third-order valence-electron chi connectivity index (χ3n) is 3.49. The fraction of sp³-hybridized carbons (Fsp3) is 0.538. The van der Waals surface area contributed by atoms with Crippen molar-refractivity contribution in [1.82, 2.24) is 0 Å². The number of rotatable bonds is 3. The highest BCUT2D eigenvalue weighted by molar-refractivity contribution is 7.92. The van der Waals surface area contributed by atoms with Crippen molar-refractivity contribution < 1.29 is 12.8 Å². The zero-order chi connectivity index (χ0) is 13.2. The molecule has 18 heavy (non-hydrogen) atoms. The van der Waals surface area contributed by atoms with E-state index in [0.29, 0.717) is 12.8 Å². The van der Waals surface area contributed by atoms with Crippen LogP contribution in [0.15, 0.2) is 24.3 Å². The molecule has 1 aromatic carbocycles. The van der Waals surface area contributed by atoms with Crippen LogP contribution in [0.1, 0.15) is 24.8 Å². The van der Waals surface area contributed by atoms with Gasteiger partial charge in [0, 0.05) is 6.04 Å². The predicted molar refractivity (Wildman–Crippen MR) is 69.5 cm³/mol. The highest BCUT2D eigenvalue weighted by atomic mass is 32.2. The Kier molecular flexibility index (Phi) is 4.02. The lowest BCUT2D eigenvalue weighted by molar-refractivity contribution is 0.495. The van der Waals surface area contributed by atoms with Gasteiger partial charge in [-0.05, 0) is 37.0 Å². The standard InChI is InChI=1S/C13H18FNO2S/c14-11-6-4-10(5-7-11)9-12(15)13-3-1-2-8-18(13,16)17/h4-7,12-13H,1-3,8-9,15H2. The maximum absolute atomic E-state index is 12.8. The average molecular weight is 271 g/mol. The highest BCUT2D eigenvalue weighted by Gasteiger charge is 2.33. The Hall–Kier alpha value is -0.940. The maximum Gasteiger partial charge on any atom is 0.154 e. The summed E-state index contributed by atoms with van der Waals surface area (Å²) in [5.41, 5.74) is 6.90. The molecule has 1 fully saturated rings. The van der Waals surface area contributed by atoms with Crippen LogP contribution < -0.4 is 5.73 Å². The summed E-state index contributed by atoms with van der Waals surface area (Å²) in [7, 11) is -3.05. The zero-order valence-electron chi connectivity index (χ0n) is 10.2. The topological polar surface area (TPSA) is 60.2 Å². The van der Waals surface area contributed by atoms with E-state index in [2.05, 4.69) is 0 Å². The number of hydrogen-bond acceptors (Lipinski definition) is 3. The molecule has 1 aliphatic rings. The Labute approximate surface area is 107 Å². The van der Waals surface area contributed by atoms with Crippen LogP contribution in [0.4, 0.5) is 4.39 Å². The van der Waals surface area contributed by atoms with Gasteiger partial charge in [-0.1, -0.05) is 18.6 Å². The van der Waals surface area contributed by atoms with Gasteiger partial charge in [-0.15, -0.1) is 0 Å². The first-order chi connectivity index (χ1) is 8.49. The number of sulfone groups is 1. The quantitative estimate of drug-likeness (QED) is 0.909. The lowest BCUT2D eigenvalue weighted by Crippen LogP contribution is -2.44. The van der Waals surface area contributed by atoms with Crippen molar-refractivity contribution >= 4 is 9.84 Å². The second-order valence-corrected chi connectivity index (χ2v) is 7.24. The van der Waals surface area contributed by atoms with Gasteiger partial charge in [0.1, 0.15) is 5.82 Å². The summed E-state index contributed by atoms with van der Waals surface area (Å²) in [6, 6.07) is 5.66. The van der Waals surface area contributed by atoms with Gasteiger partial charge >= 0.3 is 0 Å². The van der Waals surface area contributed by atoms with E-state index in [0.717, 1.165) is 18.4 Å². The van der Waals surface area contributed by atoms with E-state index in [9.17, 15) is 12.8 Å². The van der Waals surface area contributed by atoms with Crippen LogP contribution in [0.3, 0.4) is 0 Å². The Morgan fingerprint density at radius 1 is 1.28 bits per heavy atom. The van der Waals surface area contributed by atoms with Crippen molar-refractivity contribution in [3.8, 4) is 0 Å². The molecule has 0 spiro atoms. The van der Waals surface area contributed by atoms with Crippen molar-refractivity contribution in [3.05, 3.63) is 35.6 Å². The molecule has 2 unspecified atom stereocenters. The van der Waals surface area contributed by atoms with Gasteiger partial charge in [0.15, 0.2) is 9.84 Å². The Bertz CT molecular complexity index is 498. The molecule has 0 bridgehead atoms. The van der Waals surface area contributed by atoms with Crippen LogP contribution in [0.2, 0.25) is 0 Å². The van der Waals surface area contributed by atoms with E-state index in [1.165, 1.54) is 12.1 Å². The van der Waals surface area contributed by atoms with Gasteiger partial charge in [0.2, 0.25) is 0 Å². The lowest BCUT2D eigenvalue weighted by atomic mass is 10.0. The van der Waals surface area contributed by atoms with Crippen LogP contribution in [0, 0.1) is 5.82 Å². The number of hydrogen-bond donors (Lipinski definition) is 1. The van der Waals surface area contributed by atoms with Crippen LogP contribution in [-0.2, 0) is 16.3 Å². The SMILES string of the molecule is NC(Cc1ccc(F)cc1)C1CCCCS1(=O)=O. The van der Waals surface area contributed by atoms with Gasteiger partial charge in [-0.2, -0.15) is 0 Å². The highest BCUT2D eigenvalue weighted by Crippen LogP contribution is 2.23. The number of halogens is 1. The second-order valence-electron chi connectivity index (χ2n) is 4.90. The monoisotopic (exact) mass is 271 g/mol. The normalized spacial score (nSPS) is 24.7. The van der Waals surface area contributed by atoms with E-state index in [-0.39, 0.29) is 11.6 Å². The summed E-state index contributed by atoms with van der Waals surface area (Å²) in [4.78, 5) is 0. The minimum atomic E-state index is -3.05. The van der Waals surface area contributed by atoms with Crippen LogP contribution >= 0.6 is 0 Å². The molecule has 2 N–H and O–H groups in total. The molecule has 0 amide bonds. The third kappa shape index (κ3) is 3.09. The van der Waals surface area contributed by atoms with Crippen LogP contribution in [0.25, 0.3) is 0 Å². The molecule has 0 aromatic heterocycles. The van der Waals surface area contributed by atoms with Crippen LogP contribution in [0.5, 0.6) is 0 Å². The smallest absolute Gasteiger partial charge is 0.154 e. The molecular weight excluding hydrogens is 253 g/mol. The Morgan fingerprint density at radius 2 is 1.94 bits per heavy atom. The van der Waals surface area contributed by atoms with Gasteiger partial charge in [-0.25, -0.2) is 12.8 Å². The summed E-state index contributed by atoms with van der Waals surface area (Å²) in [5, 5.41) is -0.448. The lowest BCUT2D eigenvalue weighted by Gasteiger charge is -2.27. The summed E-state index contributed by atoms with van der Waals surface area (Å²) in [6.07, 6.45) is 2.78. The summed E-state index contributed by atoms with van der Waals surface area (Å²) in [5.74, 6) is -0.0491. The number of nitrogens with two attached hydrogens (primary N) is 1. The van der Waals surface area contributed by atoms with Crippen molar-refractivity contribution in [2.45, 2.75) is 37.0 Å². The predicted octanol–water partition coefficient (Wildman–Crippen LogP) is 1.66. The largest absolute Gasteiger partial charge is 0.326 e. The fourth-order valence-electron chi connectivity index (χ4n) is 2.48. The molecule has 1 heterocycles. The van der Waals surface area contributed by atoms with E-state index >= 15 is 0 Å². The molecule has 0 saturated carbocycles. The Balaban J connectivity index is 2.07. The van der Waals surface area contributed by atoms with E-state index < -0.39 is 21.1 Å². The molecule has 1 aliphatic heterocycles. The fourth-order valence-corrected chi connectivity index (χ4v) is 4.55. The molecule has 2 rings (SSSR count). The van der Waals surface area contributed by atoms with Crippen LogP contribution in [-0.4, -0.2) is 25.5 Å². The summed E-state index contributed by atoms with van der Waals surface area (Å²) >= 11 is 0. The zero-order valence-corrected chi connectivity index (χ0v) is 11.0. The van der Waals surface area contributed by atoms with Crippen molar-refractivity contribution in [3.63, 3.8) is 0 Å². The molecule has 3 nitrogen and oxygen atoms in total. The molecule has 1 aromatic rings. The Morgan fingerprint density at radius 3 is 2.56 bits per heavy atom. The van der Waals surface area contributed by atoms with Crippen molar-refractivity contribution in [2.75, 3.05) is 5.75 Å². The summed E-state index contributed by atoms with van der Waals surface area (Å²) in [6.45, 7) is 0. The third-order valence-corrected chi connectivity index (χ3v) is 5.86. The molecule has 0 radical (unpaired) electrons. The minimum absolute atomic E-state index is 0.245. The van der Waals surface area contributed by atoms with E-state index in [1.54, 1.807) is 12.1 Å². The van der Waals surface area contributed by atoms with Gasteiger partial charge in [0.05, 0.1) is 11.0 Å². The first-order valence-electron chi connectivity index (χ1n) is 6.20. The molecule has 0 aliphatic carbocycles. The first kappa shape index (κ1) is 13.5. The van der Waals surface area contributed by atoms with Gasteiger partial charge in [-0.3, -0.25) is 0 Å². The molecule has 1 saturated heterocycles. The van der Waals surface area contributed by atoms with Crippen molar-refractivity contribution in [1.29, 1.82) is 0 Å². The first-order valence-corrected chi connectivity index (χ1v) is 7.92. The van der Waals surface area contributed by atoms with Gasteiger partial charge in [0.25, 0.3) is 0 Å². The molecule has 100 valence electrons. The minimum Gasteiger partial charge on any atom is -0.326 e. The molecule has 5 heteroatoms. The average Bonchev–Trinajstić information content (AvgIpc) is 2.31. The van der Waals surface area contributed by atoms with Gasteiger partial charge < -0.3 is 5.73 Å².